The fourth-order valence-electron chi connectivity index (χ4n) is 2.82. The van der Waals surface area contributed by atoms with Crippen LogP contribution >= 0.6 is 22.9 Å². The van der Waals surface area contributed by atoms with E-state index in [9.17, 15) is 27.6 Å². The van der Waals surface area contributed by atoms with E-state index in [4.69, 9.17) is 20.8 Å². The van der Waals surface area contributed by atoms with E-state index in [1.54, 1.807) is 6.92 Å². The number of thiophene rings is 1. The van der Waals surface area contributed by atoms with E-state index >= 15 is 0 Å². The Balaban J connectivity index is 1.96. The molecule has 0 spiro atoms. The van der Waals surface area contributed by atoms with Crippen molar-refractivity contribution in [2.45, 2.75) is 20.0 Å². The molecule has 12 heteroatoms. The third-order valence-corrected chi connectivity index (χ3v) is 5.88. The molecule has 0 atom stereocenters. The molecular formula is C21H16ClF3N2O5S. The van der Waals surface area contributed by atoms with Gasteiger partial charge in [0.2, 0.25) is 0 Å². The van der Waals surface area contributed by atoms with Crippen LogP contribution in [-0.4, -0.2) is 24.4 Å². The molecule has 0 aliphatic rings. The van der Waals surface area contributed by atoms with Crippen LogP contribution in [0, 0.1) is 6.92 Å². The fraction of sp³-hybridized carbons (Fsp3) is 0.190. The van der Waals surface area contributed by atoms with Crippen molar-refractivity contribution in [2.24, 2.45) is 0 Å². The summed E-state index contributed by atoms with van der Waals surface area (Å²) in [6.45, 7) is 3.08. The molecule has 3 rings (SSSR count). The second-order valence-corrected chi connectivity index (χ2v) is 7.99. The number of nitrogens with one attached hydrogen (secondary N) is 2. The van der Waals surface area contributed by atoms with Crippen molar-refractivity contribution < 1.29 is 36.7 Å². The van der Waals surface area contributed by atoms with Crippen molar-refractivity contribution in [1.29, 1.82) is 0 Å². The Kier molecular flexibility index (Phi) is 7.13. The van der Waals surface area contributed by atoms with Crippen molar-refractivity contribution >= 4 is 51.4 Å². The van der Waals surface area contributed by atoms with E-state index in [2.05, 4.69) is 10.6 Å². The number of alkyl halides is 3. The minimum atomic E-state index is -4.64. The van der Waals surface area contributed by atoms with Crippen LogP contribution in [0.4, 0.5) is 23.9 Å². The van der Waals surface area contributed by atoms with Gasteiger partial charge < -0.3 is 19.8 Å². The normalized spacial score (nSPS) is 11.2. The number of halogens is 4. The highest BCUT2D eigenvalue weighted by molar-refractivity contribution is 7.19. The topological polar surface area (TPSA) is 97.6 Å². The van der Waals surface area contributed by atoms with Crippen LogP contribution in [0.25, 0.3) is 0 Å². The largest absolute Gasteiger partial charge is 0.462 e. The average Bonchev–Trinajstić information content (AvgIpc) is 3.37. The molecule has 2 aromatic heterocycles. The molecule has 2 heterocycles. The predicted octanol–water partition coefficient (Wildman–Crippen LogP) is 6.00. The first kappa shape index (κ1) is 24.3. The van der Waals surface area contributed by atoms with E-state index in [0.29, 0.717) is 6.07 Å². The molecule has 33 heavy (non-hydrogen) atoms. The molecule has 2 N–H and O–H groups in total. The molecule has 0 bridgehead atoms. The lowest BCUT2D eigenvalue weighted by Crippen LogP contribution is -2.15. The molecule has 2 amide bonds. The number of hydrogen-bond acceptors (Lipinski definition) is 6. The lowest BCUT2D eigenvalue weighted by molar-refractivity contribution is -0.137. The van der Waals surface area contributed by atoms with Crippen molar-refractivity contribution in [3.63, 3.8) is 0 Å². The molecule has 7 nitrogen and oxygen atoms in total. The maximum absolute atomic E-state index is 13.0. The number of rotatable bonds is 6. The van der Waals surface area contributed by atoms with Crippen LogP contribution in [0.5, 0.6) is 0 Å². The van der Waals surface area contributed by atoms with Gasteiger partial charge in [-0.2, -0.15) is 13.2 Å². The predicted molar refractivity (Wildman–Crippen MR) is 116 cm³/mol. The van der Waals surface area contributed by atoms with Crippen molar-refractivity contribution in [3.8, 4) is 0 Å². The first-order chi connectivity index (χ1) is 15.5. The van der Waals surface area contributed by atoms with Crippen molar-refractivity contribution in [1.82, 2.24) is 0 Å². The van der Waals surface area contributed by atoms with Gasteiger partial charge in [-0.25, -0.2) is 4.79 Å². The average molecular weight is 501 g/mol. The Morgan fingerprint density at radius 2 is 1.88 bits per heavy atom. The summed E-state index contributed by atoms with van der Waals surface area (Å²) in [4.78, 5) is 37.7. The van der Waals surface area contributed by atoms with Crippen LogP contribution in [0.3, 0.4) is 0 Å². The van der Waals surface area contributed by atoms with Gasteiger partial charge in [0.1, 0.15) is 5.00 Å². The highest BCUT2D eigenvalue weighted by Crippen LogP contribution is 2.37. The smallest absolute Gasteiger partial charge is 0.416 e. The fourth-order valence-corrected chi connectivity index (χ4v) is 4.07. The Labute approximate surface area is 194 Å². The third-order valence-electron chi connectivity index (χ3n) is 4.35. The van der Waals surface area contributed by atoms with Crippen LogP contribution in [-0.2, 0) is 10.9 Å². The van der Waals surface area contributed by atoms with Gasteiger partial charge in [0.25, 0.3) is 11.8 Å². The molecule has 0 aliphatic heterocycles. The van der Waals surface area contributed by atoms with E-state index < -0.39 is 29.5 Å². The Morgan fingerprint density at radius 1 is 1.15 bits per heavy atom. The van der Waals surface area contributed by atoms with E-state index in [1.807, 2.05) is 0 Å². The standard InChI is InChI=1S/C21H16ClF3N2O5S/c1-3-31-20(30)15-10(2)16(33-19(15)27-17(28)14-5-4-8-32-14)18(29)26-13-9-11(21(23,24)25)6-7-12(13)22/h4-9H,3H2,1-2H3,(H,26,29)(H,27,28). The van der Waals surface area contributed by atoms with Crippen molar-refractivity contribution in [3.05, 3.63) is 68.9 Å². The number of carbonyl (C=O) groups is 3. The quantitative estimate of drug-likeness (QED) is 0.404. The number of carbonyl (C=O) groups excluding carboxylic acids is 3. The van der Waals surface area contributed by atoms with Gasteiger partial charge in [-0.3, -0.25) is 9.59 Å². The van der Waals surface area contributed by atoms with E-state index in [1.165, 1.54) is 25.3 Å². The second-order valence-electron chi connectivity index (χ2n) is 6.56. The Hall–Kier alpha value is -3.31. The third kappa shape index (κ3) is 5.37. The molecular weight excluding hydrogens is 485 g/mol. The molecule has 3 aromatic rings. The number of esters is 1. The van der Waals surface area contributed by atoms with Crippen molar-refractivity contribution in [2.75, 3.05) is 17.2 Å². The second kappa shape index (κ2) is 9.67. The first-order valence-electron chi connectivity index (χ1n) is 9.36. The Bertz CT molecular complexity index is 1210. The summed E-state index contributed by atoms with van der Waals surface area (Å²) in [7, 11) is 0. The Morgan fingerprint density at radius 3 is 2.48 bits per heavy atom. The number of anilines is 2. The number of furan rings is 1. The number of benzene rings is 1. The minimum absolute atomic E-state index is 0.0210. The molecule has 174 valence electrons. The van der Waals surface area contributed by atoms with Gasteiger partial charge in [-0.05, 0) is 49.7 Å². The molecule has 0 radical (unpaired) electrons. The lowest BCUT2D eigenvalue weighted by Gasteiger charge is -2.11. The van der Waals surface area contributed by atoms with E-state index in [-0.39, 0.29) is 44.1 Å². The molecule has 0 unspecified atom stereocenters. The van der Waals surface area contributed by atoms with E-state index in [0.717, 1.165) is 23.5 Å². The lowest BCUT2D eigenvalue weighted by atomic mass is 10.1. The van der Waals surface area contributed by atoms with Gasteiger partial charge in [0.15, 0.2) is 5.76 Å². The van der Waals surface area contributed by atoms with Gasteiger partial charge in [-0.15, -0.1) is 11.3 Å². The molecule has 1 aromatic carbocycles. The molecule has 0 fully saturated rings. The summed E-state index contributed by atoms with van der Waals surface area (Å²) < 4.78 is 49.1. The summed E-state index contributed by atoms with van der Waals surface area (Å²) in [6, 6.07) is 5.41. The zero-order chi connectivity index (χ0) is 24.3. The highest BCUT2D eigenvalue weighted by atomic mass is 35.5. The number of amides is 2. The summed E-state index contributed by atoms with van der Waals surface area (Å²) in [5.74, 6) is -2.29. The zero-order valence-electron chi connectivity index (χ0n) is 17.1. The summed E-state index contributed by atoms with van der Waals surface area (Å²) in [5.41, 5.74) is -1.14. The van der Waals surface area contributed by atoms with Crippen LogP contribution < -0.4 is 10.6 Å². The van der Waals surface area contributed by atoms with Crippen LogP contribution in [0.15, 0.2) is 41.0 Å². The molecule has 0 saturated heterocycles. The first-order valence-corrected chi connectivity index (χ1v) is 10.6. The minimum Gasteiger partial charge on any atom is -0.462 e. The molecule has 0 saturated carbocycles. The maximum Gasteiger partial charge on any atom is 0.416 e. The number of hydrogen-bond donors (Lipinski definition) is 2. The zero-order valence-corrected chi connectivity index (χ0v) is 18.7. The SMILES string of the molecule is CCOC(=O)c1c(NC(=O)c2ccco2)sc(C(=O)Nc2cc(C(F)(F)F)ccc2Cl)c1C. The van der Waals surface area contributed by atoms with Gasteiger partial charge in [-0.1, -0.05) is 11.6 Å². The monoisotopic (exact) mass is 500 g/mol. The van der Waals surface area contributed by atoms with Gasteiger partial charge in [0.05, 0.1) is 39.6 Å². The number of ether oxygens (including phenoxy) is 1. The molecule has 0 aliphatic carbocycles. The van der Waals surface area contributed by atoms with Crippen LogP contribution in [0.2, 0.25) is 5.02 Å². The maximum atomic E-state index is 13.0. The van der Waals surface area contributed by atoms with Gasteiger partial charge in [0, 0.05) is 0 Å². The summed E-state index contributed by atoms with van der Waals surface area (Å²) >= 11 is 6.71. The van der Waals surface area contributed by atoms with Crippen LogP contribution in [0.1, 0.15) is 48.6 Å². The summed E-state index contributed by atoms with van der Waals surface area (Å²) in [5, 5.41) is 4.74. The summed E-state index contributed by atoms with van der Waals surface area (Å²) in [6.07, 6.45) is -3.35. The highest BCUT2D eigenvalue weighted by Gasteiger charge is 2.32. The van der Waals surface area contributed by atoms with Gasteiger partial charge >= 0.3 is 12.1 Å².